The van der Waals surface area contributed by atoms with Gasteiger partial charge < -0.3 is 29.7 Å². The summed E-state index contributed by atoms with van der Waals surface area (Å²) < 4.78 is 17.5. The van der Waals surface area contributed by atoms with Crippen LogP contribution in [0.5, 0.6) is 0 Å². The Balaban J connectivity index is 1.21. The zero-order valence-corrected chi connectivity index (χ0v) is 22.9. The molecule has 3 aromatic carbocycles. The van der Waals surface area contributed by atoms with Crippen LogP contribution in [0, 0.1) is 0 Å². The van der Waals surface area contributed by atoms with Crippen LogP contribution >= 0.6 is 0 Å². The Morgan fingerprint density at radius 3 is 2.52 bits per heavy atom. The highest BCUT2D eigenvalue weighted by Crippen LogP contribution is 2.39. The van der Waals surface area contributed by atoms with Crippen molar-refractivity contribution in [3.05, 3.63) is 100 Å². The number of amides is 1. The molecule has 3 aliphatic heterocycles. The molecule has 0 aromatic heterocycles. The largest absolute Gasteiger partial charge is 0.395 e. The monoisotopic (exact) mass is 572 g/mol. The summed E-state index contributed by atoms with van der Waals surface area (Å²) >= 11 is 0. The van der Waals surface area contributed by atoms with Crippen molar-refractivity contribution in [1.82, 2.24) is 4.90 Å². The fourth-order valence-electron chi connectivity index (χ4n) is 5.83. The van der Waals surface area contributed by atoms with Gasteiger partial charge in [-0.2, -0.15) is 0 Å². The van der Waals surface area contributed by atoms with Gasteiger partial charge in [-0.3, -0.25) is 9.69 Å². The number of ether oxygens (including phenoxy) is 3. The quantitative estimate of drug-likeness (QED) is 0.273. The fraction of sp³-hybridized carbons (Fsp3) is 0.344. The molecule has 0 aliphatic carbocycles. The van der Waals surface area contributed by atoms with Gasteiger partial charge in [0.2, 0.25) is 0 Å². The number of aliphatic hydroxyl groups is 2. The lowest BCUT2D eigenvalue weighted by molar-refractivity contribution is -0.253. The van der Waals surface area contributed by atoms with Crippen molar-refractivity contribution in [2.45, 2.75) is 50.4 Å². The van der Waals surface area contributed by atoms with Crippen LogP contribution in [0.15, 0.2) is 66.7 Å². The Morgan fingerprint density at radius 2 is 1.74 bits per heavy atom. The number of anilines is 1. The average Bonchev–Trinajstić information content (AvgIpc) is 3.59. The number of nitrogens with one attached hydrogen (secondary N) is 1. The number of hydrogen-bond acceptors (Lipinski definition) is 9. The summed E-state index contributed by atoms with van der Waals surface area (Å²) in [5.41, 5.74) is 3.44. The standard InChI is InChI=1S/C32H32N2O8/c35-17-19-6-8-20(9-7-19)28-15-25(16-34-12-2-5-24(34)18-36)40-32(41-28)22-3-1-4-23(13-22)33-29(37)21-10-11-26-27(14-21)31(39)42-30(26)38/h1,3-4,6-11,13-14,24-25,28,32,35-36H,2,5,12,15-18H2,(H,33,37). The van der Waals surface area contributed by atoms with Gasteiger partial charge in [0.1, 0.15) is 0 Å². The van der Waals surface area contributed by atoms with Crippen molar-refractivity contribution in [2.75, 3.05) is 25.0 Å². The number of nitrogens with zero attached hydrogens (tertiary/aromatic N) is 1. The van der Waals surface area contributed by atoms with Crippen LogP contribution in [-0.4, -0.2) is 64.8 Å². The second-order valence-corrected chi connectivity index (χ2v) is 10.8. The van der Waals surface area contributed by atoms with E-state index in [0.29, 0.717) is 18.7 Å². The lowest BCUT2D eigenvalue weighted by Gasteiger charge is -2.38. The van der Waals surface area contributed by atoms with E-state index in [9.17, 15) is 24.6 Å². The number of esters is 2. The van der Waals surface area contributed by atoms with Gasteiger partial charge >= 0.3 is 11.9 Å². The number of aliphatic hydroxyl groups excluding tert-OH is 2. The van der Waals surface area contributed by atoms with E-state index in [4.69, 9.17) is 9.47 Å². The molecule has 4 unspecified atom stereocenters. The Morgan fingerprint density at radius 1 is 0.929 bits per heavy atom. The Bertz CT molecular complexity index is 1490. The molecule has 3 aromatic rings. The maximum absolute atomic E-state index is 13.0. The van der Waals surface area contributed by atoms with Crippen LogP contribution in [0.25, 0.3) is 0 Å². The van der Waals surface area contributed by atoms with Crippen LogP contribution in [0.3, 0.4) is 0 Å². The van der Waals surface area contributed by atoms with Crippen LogP contribution in [0.2, 0.25) is 0 Å². The Kier molecular flexibility index (Phi) is 8.14. The molecule has 10 heteroatoms. The van der Waals surface area contributed by atoms with Gasteiger partial charge in [-0.25, -0.2) is 9.59 Å². The molecule has 0 bridgehead atoms. The predicted octanol–water partition coefficient (Wildman–Crippen LogP) is 3.74. The molecular formula is C32H32N2O8. The van der Waals surface area contributed by atoms with Gasteiger partial charge in [0.05, 0.1) is 36.5 Å². The highest BCUT2D eigenvalue weighted by molar-refractivity contribution is 6.16. The van der Waals surface area contributed by atoms with Gasteiger partial charge in [0.15, 0.2) is 6.29 Å². The highest BCUT2D eigenvalue weighted by atomic mass is 16.7. The number of fused-ring (bicyclic) bond motifs is 1. The van der Waals surface area contributed by atoms with Gasteiger partial charge in [0.25, 0.3) is 5.91 Å². The molecule has 4 atom stereocenters. The van der Waals surface area contributed by atoms with Crippen LogP contribution in [0.4, 0.5) is 5.69 Å². The molecule has 0 spiro atoms. The molecule has 0 radical (unpaired) electrons. The number of carbonyl (C=O) groups is 3. The van der Waals surface area contributed by atoms with Crippen LogP contribution in [-0.2, 0) is 20.8 Å². The number of carbonyl (C=O) groups excluding carboxylic acids is 3. The molecule has 218 valence electrons. The van der Waals surface area contributed by atoms with Gasteiger partial charge in [-0.1, -0.05) is 36.4 Å². The molecule has 0 saturated carbocycles. The second-order valence-electron chi connectivity index (χ2n) is 10.8. The molecule has 1 amide bonds. The fourth-order valence-corrected chi connectivity index (χ4v) is 5.83. The maximum atomic E-state index is 13.0. The SMILES string of the molecule is O=C(Nc1cccc(C2OC(CN3CCCC3CO)CC(c3ccc(CO)cc3)O2)c1)c1ccc2c(c1)C(=O)OC2=O. The van der Waals surface area contributed by atoms with Crippen molar-refractivity contribution in [1.29, 1.82) is 0 Å². The zero-order valence-electron chi connectivity index (χ0n) is 22.9. The minimum absolute atomic E-state index is 0.0378. The van der Waals surface area contributed by atoms with E-state index in [1.165, 1.54) is 18.2 Å². The van der Waals surface area contributed by atoms with Crippen LogP contribution < -0.4 is 5.32 Å². The highest BCUT2D eigenvalue weighted by Gasteiger charge is 2.35. The molecule has 3 N–H and O–H groups in total. The number of benzene rings is 3. The summed E-state index contributed by atoms with van der Waals surface area (Å²) in [5, 5.41) is 22.1. The zero-order chi connectivity index (χ0) is 29.2. The smallest absolute Gasteiger partial charge is 0.346 e. The van der Waals surface area contributed by atoms with E-state index < -0.39 is 24.1 Å². The summed E-state index contributed by atoms with van der Waals surface area (Å²) in [4.78, 5) is 39.0. The molecule has 3 aliphatic rings. The lowest BCUT2D eigenvalue weighted by atomic mass is 9.99. The molecular weight excluding hydrogens is 540 g/mol. The van der Waals surface area contributed by atoms with E-state index in [-0.39, 0.29) is 48.2 Å². The number of likely N-dealkylation sites (tertiary alicyclic amines) is 1. The second kappa shape index (κ2) is 12.1. The average molecular weight is 573 g/mol. The van der Waals surface area contributed by atoms with Crippen molar-refractivity contribution < 1.29 is 38.8 Å². The van der Waals surface area contributed by atoms with E-state index in [2.05, 4.69) is 15.0 Å². The number of rotatable bonds is 8. The minimum Gasteiger partial charge on any atom is -0.395 e. The third-order valence-electron chi connectivity index (χ3n) is 8.09. The first kappa shape index (κ1) is 28.2. The first-order chi connectivity index (χ1) is 20.4. The number of hydrogen-bond donors (Lipinski definition) is 3. The van der Waals surface area contributed by atoms with Crippen molar-refractivity contribution in [3.63, 3.8) is 0 Å². The number of cyclic esters (lactones) is 2. The molecule has 3 heterocycles. The lowest BCUT2D eigenvalue weighted by Crippen LogP contribution is -2.42. The first-order valence-corrected chi connectivity index (χ1v) is 14.1. The summed E-state index contributed by atoms with van der Waals surface area (Å²) in [7, 11) is 0. The predicted molar refractivity (Wildman–Crippen MR) is 151 cm³/mol. The first-order valence-electron chi connectivity index (χ1n) is 14.1. The van der Waals surface area contributed by atoms with E-state index >= 15 is 0 Å². The molecule has 42 heavy (non-hydrogen) atoms. The van der Waals surface area contributed by atoms with Crippen LogP contribution in [0.1, 0.15) is 79.4 Å². The normalized spacial score (nSPS) is 24.0. The summed E-state index contributed by atoms with van der Waals surface area (Å²) in [6.45, 7) is 1.64. The third kappa shape index (κ3) is 5.85. The molecule has 6 rings (SSSR count). The molecule has 2 saturated heterocycles. The van der Waals surface area contributed by atoms with E-state index in [1.54, 1.807) is 18.2 Å². The van der Waals surface area contributed by atoms with Gasteiger partial charge in [-0.15, -0.1) is 0 Å². The van der Waals surface area contributed by atoms with E-state index in [0.717, 1.165) is 36.1 Å². The summed E-state index contributed by atoms with van der Waals surface area (Å²) in [5.74, 6) is -1.94. The van der Waals surface area contributed by atoms with Gasteiger partial charge in [-0.05, 0) is 60.8 Å². The maximum Gasteiger partial charge on any atom is 0.346 e. The molecule has 10 nitrogen and oxygen atoms in total. The topological polar surface area (TPSA) is 135 Å². The summed E-state index contributed by atoms with van der Waals surface area (Å²) in [6.07, 6.45) is 1.49. The van der Waals surface area contributed by atoms with Gasteiger partial charge in [0, 0.05) is 35.8 Å². The molecule has 2 fully saturated rings. The minimum atomic E-state index is -0.771. The van der Waals surface area contributed by atoms with E-state index in [1.807, 2.05) is 30.3 Å². The Labute approximate surface area is 242 Å². The van der Waals surface area contributed by atoms with Crippen molar-refractivity contribution in [2.24, 2.45) is 0 Å². The third-order valence-corrected chi connectivity index (χ3v) is 8.09. The summed E-state index contributed by atoms with van der Waals surface area (Å²) in [6, 6.07) is 19.2. The van der Waals surface area contributed by atoms with Crippen molar-refractivity contribution in [3.8, 4) is 0 Å². The Hall–Kier alpha value is -3.93. The van der Waals surface area contributed by atoms with Crippen molar-refractivity contribution >= 4 is 23.5 Å².